The highest BCUT2D eigenvalue weighted by Crippen LogP contribution is 2.24. The molecule has 1 saturated heterocycles. The van der Waals surface area contributed by atoms with Crippen LogP contribution in [0.2, 0.25) is 0 Å². The number of rotatable bonds is 2. The summed E-state index contributed by atoms with van der Waals surface area (Å²) in [6.45, 7) is 1.60. The number of aromatic nitrogens is 2. The van der Waals surface area contributed by atoms with E-state index in [4.69, 9.17) is 15.5 Å². The van der Waals surface area contributed by atoms with Gasteiger partial charge in [-0.1, -0.05) is 12.1 Å². The van der Waals surface area contributed by atoms with Crippen LogP contribution in [0.1, 0.15) is 25.1 Å². The van der Waals surface area contributed by atoms with E-state index >= 15 is 0 Å². The minimum atomic E-state index is -0.175. The molecule has 0 bridgehead atoms. The molecule has 2 N–H and O–H groups in total. The molecule has 1 aliphatic heterocycles. The van der Waals surface area contributed by atoms with Gasteiger partial charge in [0.2, 0.25) is 0 Å². The highest BCUT2D eigenvalue weighted by atomic mass is 16.5. The number of benzene rings is 1. The van der Waals surface area contributed by atoms with E-state index in [1.807, 2.05) is 12.1 Å². The Bertz CT molecular complexity index is 568. The van der Waals surface area contributed by atoms with Gasteiger partial charge in [0.25, 0.3) is 0 Å². The number of nitrogens with two attached hydrogens (primary N) is 1. The molecule has 102 valence electrons. The SMILES string of the molecule is Cn1c(CC2(N)CCCOCC2)nc2ccccc21. The molecule has 0 radical (unpaired) electrons. The molecule has 19 heavy (non-hydrogen) atoms. The summed E-state index contributed by atoms with van der Waals surface area (Å²) in [5.41, 5.74) is 8.60. The zero-order valence-corrected chi connectivity index (χ0v) is 11.4. The second-order valence-electron chi connectivity index (χ2n) is 5.58. The Labute approximate surface area is 113 Å². The monoisotopic (exact) mass is 259 g/mol. The van der Waals surface area contributed by atoms with E-state index < -0.39 is 0 Å². The van der Waals surface area contributed by atoms with Crippen molar-refractivity contribution in [2.24, 2.45) is 12.8 Å². The topological polar surface area (TPSA) is 53.1 Å². The van der Waals surface area contributed by atoms with Gasteiger partial charge in [-0.2, -0.15) is 0 Å². The van der Waals surface area contributed by atoms with Gasteiger partial charge in [0, 0.05) is 32.2 Å². The zero-order chi connectivity index (χ0) is 13.3. The maximum absolute atomic E-state index is 6.55. The smallest absolute Gasteiger partial charge is 0.111 e. The minimum absolute atomic E-state index is 0.175. The number of nitrogens with zero attached hydrogens (tertiary/aromatic N) is 2. The summed E-state index contributed by atoms with van der Waals surface area (Å²) < 4.78 is 7.67. The van der Waals surface area contributed by atoms with Crippen LogP contribution in [-0.4, -0.2) is 28.3 Å². The molecule has 4 heteroatoms. The maximum atomic E-state index is 6.55. The van der Waals surface area contributed by atoms with Gasteiger partial charge in [0.05, 0.1) is 11.0 Å². The van der Waals surface area contributed by atoms with Crippen molar-refractivity contribution in [3.63, 3.8) is 0 Å². The summed E-state index contributed by atoms with van der Waals surface area (Å²) in [5.74, 6) is 1.07. The molecule has 1 atom stereocenters. The van der Waals surface area contributed by atoms with Crippen LogP contribution in [-0.2, 0) is 18.2 Å². The van der Waals surface area contributed by atoms with Crippen LogP contribution in [0.3, 0.4) is 0 Å². The predicted molar refractivity (Wildman–Crippen MR) is 76.0 cm³/mol. The van der Waals surface area contributed by atoms with Gasteiger partial charge in [-0.25, -0.2) is 4.98 Å². The van der Waals surface area contributed by atoms with Gasteiger partial charge < -0.3 is 15.0 Å². The number of ether oxygens (including phenoxy) is 1. The Morgan fingerprint density at radius 3 is 3.00 bits per heavy atom. The predicted octanol–water partition coefficient (Wildman–Crippen LogP) is 2.01. The maximum Gasteiger partial charge on any atom is 0.111 e. The van der Waals surface area contributed by atoms with Crippen molar-refractivity contribution < 1.29 is 4.74 Å². The summed E-state index contributed by atoms with van der Waals surface area (Å²) in [6.07, 6.45) is 3.79. The first-order chi connectivity index (χ1) is 9.18. The van der Waals surface area contributed by atoms with Crippen LogP contribution < -0.4 is 5.73 Å². The summed E-state index contributed by atoms with van der Waals surface area (Å²) in [5, 5.41) is 0. The Morgan fingerprint density at radius 2 is 2.16 bits per heavy atom. The van der Waals surface area contributed by atoms with Crippen LogP contribution in [0.15, 0.2) is 24.3 Å². The van der Waals surface area contributed by atoms with E-state index in [-0.39, 0.29) is 5.54 Å². The van der Waals surface area contributed by atoms with Gasteiger partial charge in [0.1, 0.15) is 5.82 Å². The molecule has 0 aliphatic carbocycles. The number of para-hydroxylation sites is 2. The third-order valence-electron chi connectivity index (χ3n) is 4.10. The summed E-state index contributed by atoms with van der Waals surface area (Å²) >= 11 is 0. The quantitative estimate of drug-likeness (QED) is 0.897. The fourth-order valence-corrected chi connectivity index (χ4v) is 2.87. The van der Waals surface area contributed by atoms with Crippen molar-refractivity contribution >= 4 is 11.0 Å². The Morgan fingerprint density at radius 1 is 1.32 bits per heavy atom. The van der Waals surface area contributed by atoms with E-state index in [0.717, 1.165) is 50.2 Å². The first-order valence-electron chi connectivity index (χ1n) is 6.95. The lowest BCUT2D eigenvalue weighted by atomic mass is 9.88. The molecule has 4 nitrogen and oxygen atoms in total. The number of aryl methyl sites for hydroxylation is 1. The fraction of sp³-hybridized carbons (Fsp3) is 0.533. The standard InChI is InChI=1S/C15H21N3O/c1-18-13-6-3-2-5-12(13)17-14(18)11-15(16)7-4-9-19-10-8-15/h2-3,5-6H,4,7-11,16H2,1H3. The molecular formula is C15H21N3O. The normalized spacial score (nSPS) is 24.5. The van der Waals surface area contributed by atoms with E-state index in [2.05, 4.69) is 23.7 Å². The molecule has 0 saturated carbocycles. The van der Waals surface area contributed by atoms with Gasteiger partial charge >= 0.3 is 0 Å². The summed E-state index contributed by atoms with van der Waals surface area (Å²) in [4.78, 5) is 4.72. The molecule has 2 aromatic rings. The second-order valence-corrected chi connectivity index (χ2v) is 5.58. The summed E-state index contributed by atoms with van der Waals surface area (Å²) in [7, 11) is 2.07. The highest BCUT2D eigenvalue weighted by Gasteiger charge is 2.28. The average molecular weight is 259 g/mol. The van der Waals surface area contributed by atoms with Crippen LogP contribution >= 0.6 is 0 Å². The number of fused-ring (bicyclic) bond motifs is 1. The van der Waals surface area contributed by atoms with Crippen molar-refractivity contribution in [3.05, 3.63) is 30.1 Å². The van der Waals surface area contributed by atoms with E-state index in [1.54, 1.807) is 0 Å². The van der Waals surface area contributed by atoms with Gasteiger partial charge in [0.15, 0.2) is 0 Å². The third kappa shape index (κ3) is 2.51. The van der Waals surface area contributed by atoms with Crippen molar-refractivity contribution in [2.45, 2.75) is 31.2 Å². The summed E-state index contributed by atoms with van der Waals surface area (Å²) in [6, 6.07) is 8.23. The number of hydrogen-bond donors (Lipinski definition) is 1. The molecule has 1 aromatic carbocycles. The Balaban J connectivity index is 1.90. The highest BCUT2D eigenvalue weighted by molar-refractivity contribution is 5.75. The van der Waals surface area contributed by atoms with E-state index in [9.17, 15) is 0 Å². The van der Waals surface area contributed by atoms with E-state index in [0.29, 0.717) is 0 Å². The fourth-order valence-electron chi connectivity index (χ4n) is 2.87. The lowest BCUT2D eigenvalue weighted by Crippen LogP contribution is -2.43. The third-order valence-corrected chi connectivity index (χ3v) is 4.10. The van der Waals surface area contributed by atoms with Gasteiger partial charge in [-0.05, 0) is 31.4 Å². The van der Waals surface area contributed by atoms with Crippen molar-refractivity contribution in [3.8, 4) is 0 Å². The molecule has 1 aromatic heterocycles. The van der Waals surface area contributed by atoms with Crippen LogP contribution in [0.5, 0.6) is 0 Å². The first-order valence-corrected chi connectivity index (χ1v) is 6.95. The largest absolute Gasteiger partial charge is 0.381 e. The van der Waals surface area contributed by atoms with Gasteiger partial charge in [-0.15, -0.1) is 0 Å². The van der Waals surface area contributed by atoms with Crippen LogP contribution in [0.4, 0.5) is 0 Å². The lowest BCUT2D eigenvalue weighted by molar-refractivity contribution is 0.139. The lowest BCUT2D eigenvalue weighted by Gasteiger charge is -2.26. The van der Waals surface area contributed by atoms with Crippen molar-refractivity contribution in [2.75, 3.05) is 13.2 Å². The molecule has 3 rings (SSSR count). The molecule has 0 amide bonds. The number of hydrogen-bond acceptors (Lipinski definition) is 3. The van der Waals surface area contributed by atoms with Crippen molar-refractivity contribution in [1.82, 2.24) is 9.55 Å². The average Bonchev–Trinajstić information content (AvgIpc) is 2.58. The number of imidazole rings is 1. The first kappa shape index (κ1) is 12.6. The molecule has 1 aliphatic rings. The van der Waals surface area contributed by atoms with Crippen LogP contribution in [0, 0.1) is 0 Å². The van der Waals surface area contributed by atoms with Crippen LogP contribution in [0.25, 0.3) is 11.0 Å². The Hall–Kier alpha value is -1.39. The minimum Gasteiger partial charge on any atom is -0.381 e. The molecule has 0 spiro atoms. The molecule has 1 fully saturated rings. The molecule has 2 heterocycles. The molecule has 1 unspecified atom stereocenters. The Kier molecular flexibility index (Phi) is 3.29. The van der Waals surface area contributed by atoms with Crippen molar-refractivity contribution in [1.29, 1.82) is 0 Å². The van der Waals surface area contributed by atoms with E-state index in [1.165, 1.54) is 5.52 Å². The second kappa shape index (κ2) is 4.94. The van der Waals surface area contributed by atoms with Gasteiger partial charge in [-0.3, -0.25) is 0 Å². The molecular weight excluding hydrogens is 238 g/mol. The zero-order valence-electron chi connectivity index (χ0n) is 11.4.